The van der Waals surface area contributed by atoms with Gasteiger partial charge in [0.15, 0.2) is 9.84 Å². The average Bonchev–Trinajstić information content (AvgIpc) is 2.39. The van der Waals surface area contributed by atoms with Crippen LogP contribution in [0.2, 0.25) is 0 Å². The van der Waals surface area contributed by atoms with Crippen molar-refractivity contribution in [3.63, 3.8) is 0 Å². The molecule has 7 heteroatoms. The Hall–Kier alpha value is -0.210. The molecule has 0 aromatic heterocycles. The third kappa shape index (κ3) is 5.35. The lowest BCUT2D eigenvalue weighted by molar-refractivity contribution is 0.105. The summed E-state index contributed by atoms with van der Waals surface area (Å²) in [4.78, 5) is 2.18. The number of nitrogens with one attached hydrogen (secondary N) is 1. The first kappa shape index (κ1) is 18.8. The first-order chi connectivity index (χ1) is 8.95. The summed E-state index contributed by atoms with van der Waals surface area (Å²) in [6.07, 6.45) is 2.33. The van der Waals surface area contributed by atoms with E-state index in [0.29, 0.717) is 19.4 Å². The molecule has 0 radical (unpaired) electrons. The SMILES string of the molecule is CC.COCCN1CCC(CNO)(S(C)(=O)=O)CC1. The molecule has 0 aromatic rings. The second-order valence-electron chi connectivity index (χ2n) is 4.62. The van der Waals surface area contributed by atoms with Crippen LogP contribution in [0.15, 0.2) is 0 Å². The van der Waals surface area contributed by atoms with E-state index in [2.05, 4.69) is 4.90 Å². The fourth-order valence-corrected chi connectivity index (χ4v) is 3.48. The minimum atomic E-state index is -3.17. The van der Waals surface area contributed by atoms with Crippen LogP contribution in [0.25, 0.3) is 0 Å². The van der Waals surface area contributed by atoms with Crippen LogP contribution in [0.1, 0.15) is 26.7 Å². The van der Waals surface area contributed by atoms with Gasteiger partial charge in [0.2, 0.25) is 0 Å². The van der Waals surface area contributed by atoms with Crippen molar-refractivity contribution in [3.05, 3.63) is 0 Å². The highest BCUT2D eigenvalue weighted by molar-refractivity contribution is 7.92. The normalized spacial score (nSPS) is 19.6. The van der Waals surface area contributed by atoms with Crippen molar-refractivity contribution >= 4 is 9.84 Å². The van der Waals surface area contributed by atoms with Crippen molar-refractivity contribution in [2.45, 2.75) is 31.4 Å². The Bertz CT molecular complexity index is 325. The van der Waals surface area contributed by atoms with E-state index in [1.54, 1.807) is 7.11 Å². The summed E-state index contributed by atoms with van der Waals surface area (Å²) in [7, 11) is -1.52. The summed E-state index contributed by atoms with van der Waals surface area (Å²) in [5, 5.41) is 8.81. The highest BCUT2D eigenvalue weighted by Gasteiger charge is 2.43. The number of hydrogen-bond donors (Lipinski definition) is 2. The quantitative estimate of drug-likeness (QED) is 0.696. The van der Waals surface area contributed by atoms with E-state index in [4.69, 9.17) is 9.94 Å². The van der Waals surface area contributed by atoms with E-state index in [9.17, 15) is 8.42 Å². The fraction of sp³-hybridized carbons (Fsp3) is 1.00. The highest BCUT2D eigenvalue weighted by Crippen LogP contribution is 2.29. The zero-order valence-electron chi connectivity index (χ0n) is 12.5. The van der Waals surface area contributed by atoms with Gasteiger partial charge in [-0.25, -0.2) is 13.9 Å². The minimum absolute atomic E-state index is 0.101. The first-order valence-electron chi connectivity index (χ1n) is 6.73. The van der Waals surface area contributed by atoms with Crippen LogP contribution < -0.4 is 5.48 Å². The maximum Gasteiger partial charge on any atom is 0.154 e. The predicted molar refractivity (Wildman–Crippen MR) is 76.3 cm³/mol. The zero-order valence-corrected chi connectivity index (χ0v) is 13.3. The van der Waals surface area contributed by atoms with Crippen LogP contribution in [0.4, 0.5) is 0 Å². The lowest BCUT2D eigenvalue weighted by Crippen LogP contribution is -2.54. The number of hydrogen-bond acceptors (Lipinski definition) is 6. The topological polar surface area (TPSA) is 78.9 Å². The van der Waals surface area contributed by atoms with Crippen LogP contribution in [0.5, 0.6) is 0 Å². The molecule has 0 amide bonds. The van der Waals surface area contributed by atoms with Gasteiger partial charge in [-0.1, -0.05) is 13.8 Å². The maximum absolute atomic E-state index is 11.8. The largest absolute Gasteiger partial charge is 0.383 e. The van der Waals surface area contributed by atoms with Gasteiger partial charge >= 0.3 is 0 Å². The van der Waals surface area contributed by atoms with Crippen molar-refractivity contribution in [2.24, 2.45) is 0 Å². The molecule has 0 atom stereocenters. The van der Waals surface area contributed by atoms with Gasteiger partial charge in [0.25, 0.3) is 0 Å². The maximum atomic E-state index is 11.8. The standard InChI is InChI=1S/C10H22N2O4S.C2H6/c1-16-8-7-12-5-3-10(4-6-12,9-11-13)17(2,14)15;1-2/h11,13H,3-9H2,1-2H3;1-2H3. The van der Waals surface area contributed by atoms with Crippen molar-refractivity contribution in [2.75, 3.05) is 46.2 Å². The summed E-state index contributed by atoms with van der Waals surface area (Å²) in [6.45, 7) is 7.02. The van der Waals surface area contributed by atoms with Crippen LogP contribution in [-0.4, -0.2) is 69.4 Å². The number of likely N-dealkylation sites (tertiary alicyclic amines) is 1. The molecule has 0 bridgehead atoms. The van der Waals surface area contributed by atoms with Crippen molar-refractivity contribution in [1.29, 1.82) is 0 Å². The van der Waals surface area contributed by atoms with E-state index in [-0.39, 0.29) is 6.54 Å². The number of sulfone groups is 1. The summed E-state index contributed by atoms with van der Waals surface area (Å²) < 4.78 is 27.8. The van der Waals surface area contributed by atoms with E-state index >= 15 is 0 Å². The van der Waals surface area contributed by atoms with Gasteiger partial charge in [0.05, 0.1) is 11.4 Å². The number of rotatable bonds is 6. The van der Waals surface area contributed by atoms with Gasteiger partial charge in [0.1, 0.15) is 0 Å². The van der Waals surface area contributed by atoms with E-state index in [0.717, 1.165) is 19.6 Å². The summed E-state index contributed by atoms with van der Waals surface area (Å²) in [5.41, 5.74) is 2.02. The van der Waals surface area contributed by atoms with Gasteiger partial charge in [-0.05, 0) is 25.9 Å². The Labute approximate surface area is 117 Å². The third-order valence-electron chi connectivity index (χ3n) is 3.57. The molecule has 116 valence electrons. The first-order valence-corrected chi connectivity index (χ1v) is 8.62. The van der Waals surface area contributed by atoms with Crippen LogP contribution in [0.3, 0.4) is 0 Å². The molecule has 1 rings (SSSR count). The predicted octanol–water partition coefficient (Wildman–Crippen LogP) is 0.517. The Morgan fingerprint density at radius 1 is 1.32 bits per heavy atom. The molecule has 1 heterocycles. The van der Waals surface area contributed by atoms with Crippen molar-refractivity contribution in [3.8, 4) is 0 Å². The molecular formula is C12H28N2O4S. The van der Waals surface area contributed by atoms with E-state index in [1.807, 2.05) is 19.3 Å². The molecule has 1 fully saturated rings. The molecule has 0 aromatic carbocycles. The number of hydroxylamine groups is 1. The highest BCUT2D eigenvalue weighted by atomic mass is 32.2. The monoisotopic (exact) mass is 296 g/mol. The Balaban J connectivity index is 0.00000154. The molecule has 2 N–H and O–H groups in total. The molecule has 0 unspecified atom stereocenters. The van der Waals surface area contributed by atoms with Crippen LogP contribution in [0, 0.1) is 0 Å². The van der Waals surface area contributed by atoms with Gasteiger partial charge in [-0.15, -0.1) is 0 Å². The van der Waals surface area contributed by atoms with Crippen LogP contribution >= 0.6 is 0 Å². The molecule has 1 aliphatic heterocycles. The molecule has 1 saturated heterocycles. The smallest absolute Gasteiger partial charge is 0.154 e. The molecular weight excluding hydrogens is 268 g/mol. The van der Waals surface area contributed by atoms with E-state index < -0.39 is 14.6 Å². The molecule has 0 spiro atoms. The number of ether oxygens (including phenoxy) is 1. The third-order valence-corrected chi connectivity index (χ3v) is 5.69. The molecule has 0 saturated carbocycles. The average molecular weight is 296 g/mol. The Morgan fingerprint density at radius 2 is 1.84 bits per heavy atom. The van der Waals surface area contributed by atoms with Crippen molar-refractivity contribution in [1.82, 2.24) is 10.4 Å². The number of nitrogens with zero attached hydrogens (tertiary/aromatic N) is 1. The van der Waals surface area contributed by atoms with Gasteiger partial charge in [-0.3, -0.25) is 0 Å². The number of piperidine rings is 1. The van der Waals surface area contributed by atoms with Gasteiger partial charge < -0.3 is 14.8 Å². The minimum Gasteiger partial charge on any atom is -0.383 e. The lowest BCUT2D eigenvalue weighted by atomic mass is 9.96. The zero-order chi connectivity index (χ0) is 14.9. The molecule has 0 aliphatic carbocycles. The van der Waals surface area contributed by atoms with E-state index in [1.165, 1.54) is 6.26 Å². The summed E-state index contributed by atoms with van der Waals surface area (Å²) >= 11 is 0. The van der Waals surface area contributed by atoms with Gasteiger partial charge in [-0.2, -0.15) is 0 Å². The lowest BCUT2D eigenvalue weighted by Gasteiger charge is -2.40. The Kier molecular flexibility index (Phi) is 8.76. The second-order valence-corrected chi connectivity index (χ2v) is 7.03. The van der Waals surface area contributed by atoms with Crippen LogP contribution in [-0.2, 0) is 14.6 Å². The fourth-order valence-electron chi connectivity index (χ4n) is 2.23. The molecule has 6 nitrogen and oxygen atoms in total. The van der Waals surface area contributed by atoms with Gasteiger partial charge in [0, 0.05) is 26.5 Å². The summed E-state index contributed by atoms with van der Waals surface area (Å²) in [5.74, 6) is 0. The molecule has 19 heavy (non-hydrogen) atoms. The Morgan fingerprint density at radius 3 is 2.21 bits per heavy atom. The molecule has 1 aliphatic rings. The number of methoxy groups -OCH3 is 1. The van der Waals surface area contributed by atoms with Crippen molar-refractivity contribution < 1.29 is 18.4 Å². The second kappa shape index (κ2) is 8.86. The summed E-state index contributed by atoms with van der Waals surface area (Å²) in [6, 6.07) is 0.